The molecule has 146 valence electrons. The number of pyridine rings is 1. The number of amides is 1. The predicted octanol–water partition coefficient (Wildman–Crippen LogP) is 4.70. The molecule has 0 radical (unpaired) electrons. The lowest BCUT2D eigenvalue weighted by molar-refractivity contribution is -0.140. The van der Waals surface area contributed by atoms with Gasteiger partial charge >= 0.3 is 6.18 Å². The van der Waals surface area contributed by atoms with E-state index in [-0.39, 0.29) is 22.4 Å². The quantitative estimate of drug-likeness (QED) is 0.455. The van der Waals surface area contributed by atoms with Gasteiger partial charge in [-0.15, -0.1) is 0 Å². The number of aromatic nitrogens is 1. The summed E-state index contributed by atoms with van der Waals surface area (Å²) < 4.78 is 41.4. The lowest BCUT2D eigenvalue weighted by Gasteiger charge is -2.14. The van der Waals surface area contributed by atoms with Crippen LogP contribution in [0.1, 0.15) is 11.3 Å². The number of hydrogen-bond donors (Lipinski definition) is 2. The number of thiocarbonyl (C=S) groups is 1. The van der Waals surface area contributed by atoms with E-state index in [4.69, 9.17) is 12.2 Å². The summed E-state index contributed by atoms with van der Waals surface area (Å²) in [6, 6.07) is 12.1. The average Bonchev–Trinajstić information content (AvgIpc) is 2.98. The van der Waals surface area contributed by atoms with Crippen molar-refractivity contribution in [2.45, 2.75) is 6.18 Å². The molecule has 29 heavy (non-hydrogen) atoms. The molecular formula is C20H11F3N2O2S2. The molecule has 0 bridgehead atoms. The monoisotopic (exact) mass is 432 g/mol. The van der Waals surface area contributed by atoms with Crippen LogP contribution in [0.25, 0.3) is 28.1 Å². The van der Waals surface area contributed by atoms with Gasteiger partial charge in [-0.25, -0.2) is 0 Å². The molecule has 0 unspecified atom stereocenters. The second-order valence-corrected chi connectivity index (χ2v) is 7.94. The molecule has 1 amide bonds. The van der Waals surface area contributed by atoms with Crippen molar-refractivity contribution >= 4 is 51.2 Å². The maximum Gasteiger partial charge on any atom is 0.432 e. The van der Waals surface area contributed by atoms with E-state index in [0.29, 0.717) is 14.8 Å². The number of alkyl halides is 3. The van der Waals surface area contributed by atoms with Crippen LogP contribution in [0.3, 0.4) is 0 Å². The van der Waals surface area contributed by atoms with Crippen molar-refractivity contribution in [3.8, 4) is 11.1 Å². The highest BCUT2D eigenvalue weighted by Crippen LogP contribution is 2.36. The highest BCUT2D eigenvalue weighted by atomic mass is 32.2. The first kappa shape index (κ1) is 19.4. The second-order valence-electron chi connectivity index (χ2n) is 6.23. The van der Waals surface area contributed by atoms with Crippen LogP contribution >= 0.6 is 24.0 Å². The zero-order valence-electron chi connectivity index (χ0n) is 14.5. The minimum atomic E-state index is -4.75. The van der Waals surface area contributed by atoms with Crippen LogP contribution in [0, 0.1) is 0 Å². The van der Waals surface area contributed by atoms with Crippen molar-refractivity contribution in [3.05, 3.63) is 74.9 Å². The molecule has 0 atom stereocenters. The number of nitrogens with one attached hydrogen (secondary N) is 2. The summed E-state index contributed by atoms with van der Waals surface area (Å²) in [6.45, 7) is 0. The number of hydrogen-bond acceptors (Lipinski definition) is 4. The van der Waals surface area contributed by atoms with Gasteiger partial charge in [-0.05, 0) is 35.4 Å². The van der Waals surface area contributed by atoms with Crippen molar-refractivity contribution in [2.75, 3.05) is 0 Å². The number of para-hydroxylation sites is 1. The number of fused-ring (bicyclic) bond motifs is 1. The van der Waals surface area contributed by atoms with Crippen molar-refractivity contribution in [1.29, 1.82) is 0 Å². The molecule has 2 heterocycles. The topological polar surface area (TPSA) is 62.0 Å². The molecule has 1 saturated heterocycles. The van der Waals surface area contributed by atoms with Gasteiger partial charge in [0, 0.05) is 10.9 Å². The number of thioether (sulfide) groups is 1. The van der Waals surface area contributed by atoms with Crippen LogP contribution in [-0.2, 0) is 11.0 Å². The third-order valence-electron chi connectivity index (χ3n) is 4.31. The molecule has 2 N–H and O–H groups in total. The van der Waals surface area contributed by atoms with Gasteiger partial charge in [-0.1, -0.05) is 54.3 Å². The maximum absolute atomic E-state index is 13.7. The Morgan fingerprint density at radius 1 is 1.03 bits per heavy atom. The Bertz CT molecular complexity index is 1260. The van der Waals surface area contributed by atoms with Gasteiger partial charge in [0.25, 0.3) is 5.91 Å². The van der Waals surface area contributed by atoms with Crippen LogP contribution in [-0.4, -0.2) is 15.2 Å². The normalized spacial score (nSPS) is 15.9. The first-order valence-corrected chi connectivity index (χ1v) is 9.54. The van der Waals surface area contributed by atoms with E-state index >= 15 is 0 Å². The predicted molar refractivity (Wildman–Crippen MR) is 111 cm³/mol. The fourth-order valence-corrected chi connectivity index (χ4v) is 4.12. The molecule has 1 aliphatic rings. The Morgan fingerprint density at radius 2 is 1.79 bits per heavy atom. The second kappa shape index (κ2) is 7.16. The van der Waals surface area contributed by atoms with Crippen molar-refractivity contribution in [1.82, 2.24) is 10.3 Å². The number of carbonyl (C=O) groups excluding carboxylic acids is 1. The molecule has 4 rings (SSSR count). The maximum atomic E-state index is 13.7. The molecule has 1 aliphatic heterocycles. The number of aromatic amines is 1. The van der Waals surface area contributed by atoms with Crippen molar-refractivity contribution in [2.24, 2.45) is 0 Å². The summed E-state index contributed by atoms with van der Waals surface area (Å²) in [5.74, 6) is -0.370. The number of benzene rings is 2. The highest BCUT2D eigenvalue weighted by Gasteiger charge is 2.36. The van der Waals surface area contributed by atoms with E-state index < -0.39 is 22.9 Å². The van der Waals surface area contributed by atoms with Crippen LogP contribution in [0.15, 0.2) is 58.2 Å². The van der Waals surface area contributed by atoms with Crippen LogP contribution in [0.4, 0.5) is 13.2 Å². The minimum Gasteiger partial charge on any atom is -0.350 e. The lowest BCUT2D eigenvalue weighted by atomic mass is 9.98. The third-order valence-corrected chi connectivity index (χ3v) is 5.47. The lowest BCUT2D eigenvalue weighted by Crippen LogP contribution is -2.18. The molecule has 4 nitrogen and oxygen atoms in total. The van der Waals surface area contributed by atoms with Gasteiger partial charge in [0.15, 0.2) is 5.43 Å². The summed E-state index contributed by atoms with van der Waals surface area (Å²) >= 11 is 6.00. The van der Waals surface area contributed by atoms with E-state index in [1.54, 1.807) is 18.2 Å². The van der Waals surface area contributed by atoms with E-state index in [1.807, 2.05) is 0 Å². The Hall–Kier alpha value is -2.91. The minimum absolute atomic E-state index is 0.102. The van der Waals surface area contributed by atoms with Crippen molar-refractivity contribution in [3.63, 3.8) is 0 Å². The summed E-state index contributed by atoms with van der Waals surface area (Å²) in [7, 11) is 0. The van der Waals surface area contributed by atoms with Crippen LogP contribution < -0.4 is 10.7 Å². The van der Waals surface area contributed by atoms with Crippen molar-refractivity contribution < 1.29 is 18.0 Å². The molecule has 9 heteroatoms. The fourth-order valence-electron chi connectivity index (χ4n) is 3.08. The molecule has 0 saturated carbocycles. The van der Waals surface area contributed by atoms with E-state index in [0.717, 1.165) is 11.8 Å². The largest absolute Gasteiger partial charge is 0.432 e. The van der Waals surface area contributed by atoms with Crippen LogP contribution in [0.2, 0.25) is 0 Å². The average molecular weight is 432 g/mol. The number of H-pyrrole nitrogens is 1. The molecular weight excluding hydrogens is 421 g/mol. The zero-order valence-corrected chi connectivity index (χ0v) is 16.1. The van der Waals surface area contributed by atoms with Gasteiger partial charge in [-0.2, -0.15) is 13.2 Å². The standard InChI is InChI=1S/C20H11F3N2O2S2/c21-20(22,23)17-15(16(26)12-6-1-2-7-13(12)24-17)11-5-3-4-10(8-11)9-14-18(27)25-19(28)29-14/h1-9H,(H,24,26)(H,25,27,28)/b14-9-. The van der Waals surface area contributed by atoms with E-state index in [9.17, 15) is 22.8 Å². The van der Waals surface area contributed by atoms with Gasteiger partial charge in [0.2, 0.25) is 0 Å². The first-order chi connectivity index (χ1) is 13.7. The van der Waals surface area contributed by atoms with Gasteiger partial charge in [0.05, 0.1) is 10.5 Å². The summed E-state index contributed by atoms with van der Waals surface area (Å²) in [6.07, 6.45) is -3.23. The molecule has 3 aromatic rings. The fraction of sp³-hybridized carbons (Fsp3) is 0.0500. The number of rotatable bonds is 2. The zero-order chi connectivity index (χ0) is 20.8. The van der Waals surface area contributed by atoms with Gasteiger partial charge in [0.1, 0.15) is 10.0 Å². The van der Waals surface area contributed by atoms with E-state index in [1.165, 1.54) is 36.4 Å². The summed E-state index contributed by atoms with van der Waals surface area (Å²) in [4.78, 5) is 27.4. The van der Waals surface area contributed by atoms with Gasteiger partial charge < -0.3 is 10.3 Å². The van der Waals surface area contributed by atoms with E-state index in [2.05, 4.69) is 10.3 Å². The summed E-state index contributed by atoms with van der Waals surface area (Å²) in [5.41, 5.74) is -1.60. The third kappa shape index (κ3) is 3.70. The molecule has 0 spiro atoms. The van der Waals surface area contributed by atoms with Crippen LogP contribution in [0.5, 0.6) is 0 Å². The summed E-state index contributed by atoms with van der Waals surface area (Å²) in [5, 5.41) is 2.64. The molecule has 0 aliphatic carbocycles. The molecule has 1 aromatic heterocycles. The smallest absolute Gasteiger partial charge is 0.350 e. The SMILES string of the molecule is O=C1NC(=S)S/C1=C\c1cccc(-c2c(C(F)(F)F)[nH]c3ccccc3c2=O)c1. The number of halogens is 3. The Labute approximate surface area is 171 Å². The first-order valence-electron chi connectivity index (χ1n) is 8.31. The molecule has 2 aromatic carbocycles. The Morgan fingerprint density at radius 3 is 2.48 bits per heavy atom. The van der Waals surface area contributed by atoms with Gasteiger partial charge in [-0.3, -0.25) is 9.59 Å². The highest BCUT2D eigenvalue weighted by molar-refractivity contribution is 8.26. The number of carbonyl (C=O) groups is 1. The molecule has 1 fully saturated rings. The Kier molecular flexibility index (Phi) is 4.79. The Balaban J connectivity index is 1.92.